The van der Waals surface area contributed by atoms with Gasteiger partial charge >= 0.3 is 0 Å². The summed E-state index contributed by atoms with van der Waals surface area (Å²) in [5.41, 5.74) is 0. The first-order chi connectivity index (χ1) is 4.61. The van der Waals surface area contributed by atoms with Crippen LogP contribution in [0.2, 0.25) is 0 Å². The summed E-state index contributed by atoms with van der Waals surface area (Å²) < 4.78 is 13.7. The predicted octanol–water partition coefficient (Wildman–Crippen LogP) is 2.90. The van der Waals surface area contributed by atoms with Gasteiger partial charge in [-0.05, 0) is 34.7 Å². The topological polar surface area (TPSA) is 20.2 Å². The van der Waals surface area contributed by atoms with Gasteiger partial charge in [-0.15, -0.1) is 0 Å². The van der Waals surface area contributed by atoms with E-state index in [0.717, 1.165) is 0 Å². The molecule has 0 atom stereocenters. The molecule has 0 saturated heterocycles. The van der Waals surface area contributed by atoms with Crippen molar-refractivity contribution in [2.24, 2.45) is 0 Å². The monoisotopic (exact) mass is 316 g/mol. The summed E-state index contributed by atoms with van der Waals surface area (Å²) in [6.07, 6.45) is 0. The van der Waals surface area contributed by atoms with Gasteiger partial charge in [0.05, 0.1) is 3.57 Å². The van der Waals surface area contributed by atoms with Crippen LogP contribution in [0.1, 0.15) is 0 Å². The third-order valence-corrected chi connectivity index (χ3v) is 2.26. The van der Waals surface area contributed by atoms with Crippen LogP contribution >= 0.6 is 38.5 Å². The standard InChI is InChI=1S/C6H3BrFIO/c7-3-1-4(8)6(10)5(9)2-3/h1-2,10H. The van der Waals surface area contributed by atoms with Crippen LogP contribution in [0.5, 0.6) is 5.75 Å². The molecule has 1 aromatic carbocycles. The smallest absolute Gasteiger partial charge is 0.167 e. The highest BCUT2D eigenvalue weighted by Gasteiger charge is 2.04. The Kier molecular flexibility index (Phi) is 2.51. The molecule has 0 aliphatic heterocycles. The number of hydrogen-bond acceptors (Lipinski definition) is 1. The Morgan fingerprint density at radius 2 is 2.10 bits per heavy atom. The Bertz CT molecular complexity index is 241. The Morgan fingerprint density at radius 3 is 2.60 bits per heavy atom. The zero-order chi connectivity index (χ0) is 7.72. The summed E-state index contributed by atoms with van der Waals surface area (Å²) in [4.78, 5) is 0. The number of phenolic OH excluding ortho intramolecular Hbond substituents is 1. The molecule has 0 bridgehead atoms. The molecular weight excluding hydrogens is 314 g/mol. The second-order valence-corrected chi connectivity index (χ2v) is 3.80. The number of halogens is 3. The van der Waals surface area contributed by atoms with Crippen LogP contribution in [0, 0.1) is 9.39 Å². The largest absolute Gasteiger partial charge is 0.504 e. The lowest BCUT2D eigenvalue weighted by molar-refractivity contribution is 0.428. The van der Waals surface area contributed by atoms with Crippen LogP contribution < -0.4 is 0 Å². The van der Waals surface area contributed by atoms with Crippen molar-refractivity contribution >= 4 is 38.5 Å². The Morgan fingerprint density at radius 1 is 1.50 bits per heavy atom. The van der Waals surface area contributed by atoms with Crippen LogP contribution in [-0.2, 0) is 0 Å². The van der Waals surface area contributed by atoms with Crippen LogP contribution in [0.15, 0.2) is 16.6 Å². The van der Waals surface area contributed by atoms with Crippen molar-refractivity contribution < 1.29 is 9.50 Å². The summed E-state index contributed by atoms with van der Waals surface area (Å²) >= 11 is 4.95. The molecule has 0 spiro atoms. The number of benzene rings is 1. The Balaban J connectivity index is 3.31. The molecule has 0 saturated carbocycles. The maximum absolute atomic E-state index is 12.6. The summed E-state index contributed by atoms with van der Waals surface area (Å²) in [7, 11) is 0. The molecule has 1 aromatic rings. The maximum Gasteiger partial charge on any atom is 0.167 e. The van der Waals surface area contributed by atoms with Gasteiger partial charge in [0.15, 0.2) is 11.6 Å². The van der Waals surface area contributed by atoms with Crippen molar-refractivity contribution in [2.45, 2.75) is 0 Å². The van der Waals surface area contributed by atoms with E-state index < -0.39 is 5.82 Å². The fourth-order valence-corrected chi connectivity index (χ4v) is 1.99. The van der Waals surface area contributed by atoms with Gasteiger partial charge in [-0.1, -0.05) is 15.9 Å². The molecule has 0 amide bonds. The van der Waals surface area contributed by atoms with Gasteiger partial charge in [0, 0.05) is 4.47 Å². The average Bonchev–Trinajstić information content (AvgIpc) is 1.82. The van der Waals surface area contributed by atoms with Crippen molar-refractivity contribution in [3.63, 3.8) is 0 Å². The number of aromatic hydroxyl groups is 1. The molecule has 0 aliphatic rings. The summed E-state index contributed by atoms with van der Waals surface area (Å²) in [6.45, 7) is 0. The molecule has 10 heavy (non-hydrogen) atoms. The summed E-state index contributed by atoms with van der Waals surface area (Å²) in [6, 6.07) is 2.86. The zero-order valence-corrected chi connectivity index (χ0v) is 8.48. The fourth-order valence-electron chi connectivity index (χ4n) is 0.535. The molecule has 0 aliphatic carbocycles. The molecule has 1 N–H and O–H groups in total. The van der Waals surface area contributed by atoms with Gasteiger partial charge in [-0.2, -0.15) is 0 Å². The lowest BCUT2D eigenvalue weighted by atomic mass is 10.3. The third-order valence-electron chi connectivity index (χ3n) is 0.982. The van der Waals surface area contributed by atoms with E-state index in [0.29, 0.717) is 8.04 Å². The molecule has 54 valence electrons. The van der Waals surface area contributed by atoms with Crippen molar-refractivity contribution in [3.05, 3.63) is 26.0 Å². The molecule has 4 heteroatoms. The fraction of sp³-hybridized carbons (Fsp3) is 0. The first kappa shape index (κ1) is 8.26. The highest BCUT2D eigenvalue weighted by Crippen LogP contribution is 2.26. The molecule has 0 heterocycles. The number of rotatable bonds is 0. The van der Waals surface area contributed by atoms with Crippen molar-refractivity contribution in [2.75, 3.05) is 0 Å². The average molecular weight is 317 g/mol. The first-order valence-electron chi connectivity index (χ1n) is 2.45. The Hall–Kier alpha value is 0.160. The molecule has 1 rings (SSSR count). The van der Waals surface area contributed by atoms with E-state index >= 15 is 0 Å². The quantitative estimate of drug-likeness (QED) is 0.730. The van der Waals surface area contributed by atoms with Gasteiger partial charge in [0.25, 0.3) is 0 Å². The van der Waals surface area contributed by atoms with Crippen LogP contribution in [0.4, 0.5) is 4.39 Å². The lowest BCUT2D eigenvalue weighted by Crippen LogP contribution is -1.80. The second kappa shape index (κ2) is 3.04. The molecule has 0 radical (unpaired) electrons. The molecule has 1 nitrogen and oxygen atoms in total. The van der Waals surface area contributed by atoms with Gasteiger partial charge < -0.3 is 5.11 Å². The first-order valence-corrected chi connectivity index (χ1v) is 4.32. The van der Waals surface area contributed by atoms with Crippen molar-refractivity contribution in [3.8, 4) is 5.75 Å². The maximum atomic E-state index is 12.6. The lowest BCUT2D eigenvalue weighted by Gasteiger charge is -1.97. The molecule has 0 unspecified atom stereocenters. The normalized spacial score (nSPS) is 9.90. The van der Waals surface area contributed by atoms with Gasteiger partial charge in [0.2, 0.25) is 0 Å². The van der Waals surface area contributed by atoms with Crippen molar-refractivity contribution in [1.29, 1.82) is 0 Å². The van der Waals surface area contributed by atoms with Crippen LogP contribution in [0.3, 0.4) is 0 Å². The molecule has 0 aromatic heterocycles. The number of phenols is 1. The highest BCUT2D eigenvalue weighted by molar-refractivity contribution is 14.1. The van der Waals surface area contributed by atoms with E-state index in [1.165, 1.54) is 6.07 Å². The van der Waals surface area contributed by atoms with Gasteiger partial charge in [0.1, 0.15) is 0 Å². The minimum atomic E-state index is -0.598. The number of hydrogen-bond donors (Lipinski definition) is 1. The molecule has 0 fully saturated rings. The van der Waals surface area contributed by atoms with E-state index in [-0.39, 0.29) is 5.75 Å². The zero-order valence-electron chi connectivity index (χ0n) is 4.74. The van der Waals surface area contributed by atoms with E-state index in [9.17, 15) is 4.39 Å². The second-order valence-electron chi connectivity index (χ2n) is 1.72. The third kappa shape index (κ3) is 1.60. The van der Waals surface area contributed by atoms with E-state index in [1.54, 1.807) is 6.07 Å². The minimum absolute atomic E-state index is 0.288. The van der Waals surface area contributed by atoms with E-state index in [2.05, 4.69) is 15.9 Å². The SMILES string of the molecule is Oc1c(F)cc(Br)cc1I. The van der Waals surface area contributed by atoms with Crippen molar-refractivity contribution in [1.82, 2.24) is 0 Å². The van der Waals surface area contributed by atoms with Crippen LogP contribution in [0.25, 0.3) is 0 Å². The summed E-state index contributed by atoms with van der Waals surface area (Å²) in [5.74, 6) is -0.887. The van der Waals surface area contributed by atoms with E-state index in [4.69, 9.17) is 5.11 Å². The van der Waals surface area contributed by atoms with Crippen LogP contribution in [-0.4, -0.2) is 5.11 Å². The van der Waals surface area contributed by atoms with Gasteiger partial charge in [-0.25, -0.2) is 4.39 Å². The molecular formula is C6H3BrFIO. The Labute approximate surface area is 79.5 Å². The predicted molar refractivity (Wildman–Crippen MR) is 48.5 cm³/mol. The highest BCUT2D eigenvalue weighted by atomic mass is 127. The minimum Gasteiger partial charge on any atom is -0.504 e. The van der Waals surface area contributed by atoms with Gasteiger partial charge in [-0.3, -0.25) is 0 Å². The summed E-state index contributed by atoms with van der Waals surface area (Å²) in [5, 5.41) is 8.93. The van der Waals surface area contributed by atoms with E-state index in [1.807, 2.05) is 22.6 Å².